The van der Waals surface area contributed by atoms with Crippen LogP contribution in [-0.2, 0) is 0 Å². The minimum Gasteiger partial charge on any atom is -0.335 e. The van der Waals surface area contributed by atoms with Crippen molar-refractivity contribution in [3.05, 3.63) is 54.6 Å². The number of carbonyl (C=O) groups excluding carboxylic acids is 1. The second kappa shape index (κ2) is 7.61. The molecule has 1 atom stereocenters. The van der Waals surface area contributed by atoms with Crippen LogP contribution >= 0.6 is 0 Å². The van der Waals surface area contributed by atoms with Crippen LogP contribution in [-0.4, -0.2) is 22.2 Å². The van der Waals surface area contributed by atoms with Crippen molar-refractivity contribution in [3.63, 3.8) is 0 Å². The Bertz CT molecular complexity index is 845. The third kappa shape index (κ3) is 4.23. The molecular formula is C19H20N4O2. The largest absolute Gasteiger partial charge is 0.335 e. The van der Waals surface area contributed by atoms with E-state index in [2.05, 4.69) is 20.8 Å². The van der Waals surface area contributed by atoms with Crippen molar-refractivity contribution in [2.24, 2.45) is 0 Å². The van der Waals surface area contributed by atoms with Gasteiger partial charge < -0.3 is 15.2 Å². The summed E-state index contributed by atoms with van der Waals surface area (Å²) in [6.45, 7) is 3.98. The van der Waals surface area contributed by atoms with Crippen LogP contribution in [0.25, 0.3) is 22.8 Å². The quantitative estimate of drug-likeness (QED) is 0.727. The normalized spacial score (nSPS) is 11.8. The van der Waals surface area contributed by atoms with Gasteiger partial charge in [0, 0.05) is 22.9 Å². The predicted molar refractivity (Wildman–Crippen MR) is 97.1 cm³/mol. The maximum Gasteiger partial charge on any atom is 0.319 e. The molecule has 1 heterocycles. The molecule has 128 valence electrons. The number of nitrogens with one attached hydrogen (secondary N) is 2. The number of aromatic nitrogens is 2. The van der Waals surface area contributed by atoms with Gasteiger partial charge in [-0.25, -0.2) is 4.79 Å². The number of anilines is 1. The molecule has 2 N–H and O–H groups in total. The fourth-order valence-electron chi connectivity index (χ4n) is 2.27. The van der Waals surface area contributed by atoms with E-state index in [4.69, 9.17) is 4.52 Å². The monoisotopic (exact) mass is 336 g/mol. The summed E-state index contributed by atoms with van der Waals surface area (Å²) in [6.07, 6.45) is 0.874. The summed E-state index contributed by atoms with van der Waals surface area (Å²) in [6, 6.07) is 16.8. The van der Waals surface area contributed by atoms with Crippen LogP contribution in [0.4, 0.5) is 10.5 Å². The first kappa shape index (κ1) is 16.7. The van der Waals surface area contributed by atoms with Crippen molar-refractivity contribution in [1.82, 2.24) is 15.5 Å². The number of urea groups is 1. The van der Waals surface area contributed by atoms with E-state index in [1.807, 2.05) is 68.4 Å². The van der Waals surface area contributed by atoms with E-state index in [1.54, 1.807) is 0 Å². The Balaban J connectivity index is 1.76. The van der Waals surface area contributed by atoms with Gasteiger partial charge in [-0.2, -0.15) is 4.98 Å². The van der Waals surface area contributed by atoms with Crippen LogP contribution in [0, 0.1) is 0 Å². The zero-order valence-corrected chi connectivity index (χ0v) is 14.2. The Morgan fingerprint density at radius 3 is 2.64 bits per heavy atom. The average molecular weight is 336 g/mol. The van der Waals surface area contributed by atoms with Crippen LogP contribution in [0.15, 0.2) is 59.1 Å². The molecule has 0 aliphatic heterocycles. The summed E-state index contributed by atoms with van der Waals surface area (Å²) in [5, 5.41) is 9.71. The van der Waals surface area contributed by atoms with Crippen molar-refractivity contribution in [1.29, 1.82) is 0 Å². The fourth-order valence-corrected chi connectivity index (χ4v) is 2.27. The zero-order chi connectivity index (χ0) is 17.6. The molecule has 0 saturated carbocycles. The Labute approximate surface area is 146 Å². The van der Waals surface area contributed by atoms with Gasteiger partial charge in [0.1, 0.15) is 0 Å². The first-order valence-electron chi connectivity index (χ1n) is 8.23. The lowest BCUT2D eigenvalue weighted by atomic mass is 10.2. The number of carbonyl (C=O) groups is 1. The SMILES string of the molecule is CC[C@@H](C)NC(=O)Nc1cccc(-c2noc(-c3ccccc3)n2)c1. The zero-order valence-electron chi connectivity index (χ0n) is 14.2. The highest BCUT2D eigenvalue weighted by atomic mass is 16.5. The van der Waals surface area contributed by atoms with Gasteiger partial charge in [0.25, 0.3) is 5.89 Å². The van der Waals surface area contributed by atoms with Crippen LogP contribution in [0.1, 0.15) is 20.3 Å². The summed E-state index contributed by atoms with van der Waals surface area (Å²) in [5.74, 6) is 0.938. The van der Waals surface area contributed by atoms with Crippen LogP contribution in [0.5, 0.6) is 0 Å². The Morgan fingerprint density at radius 1 is 1.12 bits per heavy atom. The molecule has 6 nitrogen and oxygen atoms in total. The molecule has 0 radical (unpaired) electrons. The van der Waals surface area contributed by atoms with Crippen molar-refractivity contribution < 1.29 is 9.32 Å². The first-order chi connectivity index (χ1) is 12.2. The molecule has 0 unspecified atom stereocenters. The molecule has 0 fully saturated rings. The molecule has 3 aromatic rings. The molecule has 6 heteroatoms. The van der Waals surface area contributed by atoms with Gasteiger partial charge in [-0.1, -0.05) is 42.4 Å². The highest BCUT2D eigenvalue weighted by Gasteiger charge is 2.11. The molecule has 0 spiro atoms. The Kier molecular flexibility index (Phi) is 5.09. The molecule has 2 aromatic carbocycles. The third-order valence-electron chi connectivity index (χ3n) is 3.82. The number of hydrogen-bond acceptors (Lipinski definition) is 4. The van der Waals surface area contributed by atoms with Gasteiger partial charge in [0.05, 0.1) is 0 Å². The topological polar surface area (TPSA) is 80.0 Å². The summed E-state index contributed by atoms with van der Waals surface area (Å²) < 4.78 is 5.33. The van der Waals surface area contributed by atoms with Gasteiger partial charge in [0.15, 0.2) is 0 Å². The standard InChI is InChI=1S/C19H20N4O2/c1-3-13(2)20-19(24)21-16-11-7-10-15(12-16)17-22-18(25-23-17)14-8-5-4-6-9-14/h4-13H,3H2,1-2H3,(H2,20,21,24)/t13-/m1/s1. The lowest BCUT2D eigenvalue weighted by Crippen LogP contribution is -2.35. The van der Waals surface area contributed by atoms with Crippen molar-refractivity contribution in [3.8, 4) is 22.8 Å². The maximum atomic E-state index is 11.9. The van der Waals surface area contributed by atoms with Crippen molar-refractivity contribution >= 4 is 11.7 Å². The molecule has 0 aliphatic rings. The van der Waals surface area contributed by atoms with Gasteiger partial charge in [0.2, 0.25) is 5.82 Å². The highest BCUT2D eigenvalue weighted by molar-refractivity contribution is 5.90. The number of hydrogen-bond donors (Lipinski definition) is 2. The van der Waals surface area contributed by atoms with Gasteiger partial charge in [-0.15, -0.1) is 0 Å². The summed E-state index contributed by atoms with van der Waals surface area (Å²) in [5.41, 5.74) is 2.31. The van der Waals surface area contributed by atoms with Crippen LogP contribution in [0.3, 0.4) is 0 Å². The fraction of sp³-hybridized carbons (Fsp3) is 0.211. The summed E-state index contributed by atoms with van der Waals surface area (Å²) in [4.78, 5) is 16.4. The molecule has 0 saturated heterocycles. The highest BCUT2D eigenvalue weighted by Crippen LogP contribution is 2.23. The second-order valence-electron chi connectivity index (χ2n) is 5.78. The molecule has 25 heavy (non-hydrogen) atoms. The first-order valence-corrected chi connectivity index (χ1v) is 8.23. The average Bonchev–Trinajstić information content (AvgIpc) is 3.12. The van der Waals surface area contributed by atoms with E-state index in [0.29, 0.717) is 17.4 Å². The Hall–Kier alpha value is -3.15. The van der Waals surface area contributed by atoms with E-state index < -0.39 is 0 Å². The van der Waals surface area contributed by atoms with E-state index in [0.717, 1.165) is 17.5 Å². The molecule has 0 aliphatic carbocycles. The molecule has 2 amide bonds. The Morgan fingerprint density at radius 2 is 1.88 bits per heavy atom. The van der Waals surface area contributed by atoms with E-state index in [1.165, 1.54) is 0 Å². The van der Waals surface area contributed by atoms with E-state index in [9.17, 15) is 4.79 Å². The van der Waals surface area contributed by atoms with Crippen LogP contribution < -0.4 is 10.6 Å². The lowest BCUT2D eigenvalue weighted by molar-refractivity contribution is 0.249. The summed E-state index contributed by atoms with van der Waals surface area (Å²) >= 11 is 0. The minimum absolute atomic E-state index is 0.119. The number of nitrogens with zero attached hydrogens (tertiary/aromatic N) is 2. The maximum absolute atomic E-state index is 11.9. The van der Waals surface area contributed by atoms with E-state index in [-0.39, 0.29) is 12.1 Å². The van der Waals surface area contributed by atoms with Gasteiger partial charge in [-0.05, 0) is 37.6 Å². The second-order valence-corrected chi connectivity index (χ2v) is 5.78. The van der Waals surface area contributed by atoms with Gasteiger partial charge in [-0.3, -0.25) is 0 Å². The number of amides is 2. The number of rotatable bonds is 5. The summed E-state index contributed by atoms with van der Waals surface area (Å²) in [7, 11) is 0. The molecule has 0 bridgehead atoms. The lowest BCUT2D eigenvalue weighted by Gasteiger charge is -2.12. The smallest absolute Gasteiger partial charge is 0.319 e. The predicted octanol–water partition coefficient (Wildman–Crippen LogP) is 4.32. The third-order valence-corrected chi connectivity index (χ3v) is 3.82. The molecule has 3 rings (SSSR count). The number of benzene rings is 2. The van der Waals surface area contributed by atoms with Crippen LogP contribution in [0.2, 0.25) is 0 Å². The van der Waals surface area contributed by atoms with E-state index >= 15 is 0 Å². The van der Waals surface area contributed by atoms with Crippen molar-refractivity contribution in [2.45, 2.75) is 26.3 Å². The molecule has 1 aromatic heterocycles. The van der Waals surface area contributed by atoms with Crippen molar-refractivity contribution in [2.75, 3.05) is 5.32 Å². The molecular weight excluding hydrogens is 316 g/mol. The van der Waals surface area contributed by atoms with Gasteiger partial charge >= 0.3 is 6.03 Å². The minimum atomic E-state index is -0.232.